The van der Waals surface area contributed by atoms with Crippen LogP contribution in [0.3, 0.4) is 0 Å². The van der Waals surface area contributed by atoms with E-state index in [1.165, 1.54) is 19.4 Å². The Morgan fingerprint density at radius 1 is 0.964 bits per heavy atom. The van der Waals surface area contributed by atoms with E-state index in [0.29, 0.717) is 17.2 Å². The molecule has 2 aromatic carbocycles. The van der Waals surface area contributed by atoms with Crippen molar-refractivity contribution in [3.63, 3.8) is 0 Å². The molecule has 0 aliphatic rings. The molecular formula is C21H18N2O5. The molecule has 3 aromatic rings. The summed E-state index contributed by atoms with van der Waals surface area (Å²) >= 11 is 0. The van der Waals surface area contributed by atoms with Crippen molar-refractivity contribution in [2.24, 2.45) is 0 Å². The van der Waals surface area contributed by atoms with Gasteiger partial charge in [0.05, 0.1) is 12.8 Å². The van der Waals surface area contributed by atoms with Crippen LogP contribution < -0.4 is 14.8 Å². The van der Waals surface area contributed by atoms with Crippen LogP contribution in [0.15, 0.2) is 72.9 Å². The standard InChI is InChI=1S/C21H18N2O5/c1-26-20-16(10-7-13-22-20)21(25)27-14-19(24)23-17-11-5-6-12-18(17)28-15-8-3-2-4-9-15/h2-13H,14H2,1H3,(H,23,24). The minimum Gasteiger partial charge on any atom is -0.480 e. The van der Waals surface area contributed by atoms with E-state index in [0.717, 1.165) is 0 Å². The predicted molar refractivity (Wildman–Crippen MR) is 103 cm³/mol. The van der Waals surface area contributed by atoms with Gasteiger partial charge in [0.1, 0.15) is 11.3 Å². The van der Waals surface area contributed by atoms with Crippen LogP contribution in [0.2, 0.25) is 0 Å². The van der Waals surface area contributed by atoms with Gasteiger partial charge in [0, 0.05) is 6.20 Å². The predicted octanol–water partition coefficient (Wildman–Crippen LogP) is 3.68. The van der Waals surface area contributed by atoms with Crippen LogP contribution in [0.4, 0.5) is 5.69 Å². The molecule has 7 heteroatoms. The molecule has 0 unspecified atom stereocenters. The maximum absolute atomic E-state index is 12.2. The lowest BCUT2D eigenvalue weighted by Gasteiger charge is -2.12. The molecule has 0 atom stereocenters. The second-order valence-electron chi connectivity index (χ2n) is 5.60. The first kappa shape index (κ1) is 18.9. The van der Waals surface area contributed by atoms with E-state index in [-0.39, 0.29) is 11.4 Å². The molecule has 142 valence electrons. The highest BCUT2D eigenvalue weighted by Gasteiger charge is 2.16. The molecule has 7 nitrogen and oxygen atoms in total. The second-order valence-corrected chi connectivity index (χ2v) is 5.60. The van der Waals surface area contributed by atoms with E-state index in [9.17, 15) is 9.59 Å². The molecule has 0 bridgehead atoms. The second kappa shape index (κ2) is 9.18. The molecule has 0 radical (unpaired) electrons. The van der Waals surface area contributed by atoms with Gasteiger partial charge in [0.2, 0.25) is 5.88 Å². The summed E-state index contributed by atoms with van der Waals surface area (Å²) in [5.41, 5.74) is 0.608. The van der Waals surface area contributed by atoms with Crippen molar-refractivity contribution in [2.45, 2.75) is 0 Å². The van der Waals surface area contributed by atoms with E-state index in [1.807, 2.05) is 30.3 Å². The smallest absolute Gasteiger partial charge is 0.344 e. The fourth-order valence-corrected chi connectivity index (χ4v) is 2.38. The Kier molecular flexibility index (Phi) is 6.20. The van der Waals surface area contributed by atoms with E-state index < -0.39 is 18.5 Å². The van der Waals surface area contributed by atoms with Crippen molar-refractivity contribution in [1.82, 2.24) is 4.98 Å². The summed E-state index contributed by atoms with van der Waals surface area (Å²) in [6.45, 7) is -0.462. The highest BCUT2D eigenvalue weighted by atomic mass is 16.5. The van der Waals surface area contributed by atoms with Crippen LogP contribution in [-0.4, -0.2) is 30.6 Å². The van der Waals surface area contributed by atoms with Gasteiger partial charge in [-0.3, -0.25) is 4.79 Å². The van der Waals surface area contributed by atoms with Crippen LogP contribution in [0.25, 0.3) is 0 Å². The third kappa shape index (κ3) is 4.85. The van der Waals surface area contributed by atoms with Gasteiger partial charge in [-0.15, -0.1) is 0 Å². The lowest BCUT2D eigenvalue weighted by Crippen LogP contribution is -2.21. The molecule has 0 saturated carbocycles. The molecular weight excluding hydrogens is 360 g/mol. The molecule has 1 N–H and O–H groups in total. The highest BCUT2D eigenvalue weighted by molar-refractivity contribution is 5.97. The van der Waals surface area contributed by atoms with Gasteiger partial charge in [0.15, 0.2) is 12.4 Å². The van der Waals surface area contributed by atoms with Crippen molar-refractivity contribution in [2.75, 3.05) is 19.0 Å². The minimum atomic E-state index is -0.700. The van der Waals surface area contributed by atoms with Crippen LogP contribution in [0.1, 0.15) is 10.4 Å². The third-order valence-electron chi connectivity index (χ3n) is 3.65. The Labute approximate surface area is 161 Å². The van der Waals surface area contributed by atoms with Gasteiger partial charge in [-0.05, 0) is 36.4 Å². The summed E-state index contributed by atoms with van der Waals surface area (Å²) in [6.07, 6.45) is 1.49. The largest absolute Gasteiger partial charge is 0.480 e. The topological polar surface area (TPSA) is 86.8 Å². The maximum atomic E-state index is 12.2. The zero-order valence-electron chi connectivity index (χ0n) is 15.1. The molecule has 0 aliphatic heterocycles. The number of ether oxygens (including phenoxy) is 3. The monoisotopic (exact) mass is 378 g/mol. The van der Waals surface area contributed by atoms with E-state index in [4.69, 9.17) is 14.2 Å². The number of methoxy groups -OCH3 is 1. The lowest BCUT2D eigenvalue weighted by atomic mass is 10.2. The zero-order chi connectivity index (χ0) is 19.8. The first-order chi connectivity index (χ1) is 13.7. The molecule has 28 heavy (non-hydrogen) atoms. The summed E-state index contributed by atoms with van der Waals surface area (Å²) < 4.78 is 15.9. The number of aromatic nitrogens is 1. The van der Waals surface area contributed by atoms with Crippen molar-refractivity contribution >= 4 is 17.6 Å². The molecule has 0 fully saturated rings. The Bertz CT molecular complexity index is 960. The van der Waals surface area contributed by atoms with Gasteiger partial charge in [-0.1, -0.05) is 30.3 Å². The Morgan fingerprint density at radius 2 is 1.71 bits per heavy atom. The fraction of sp³-hybridized carbons (Fsp3) is 0.0952. The SMILES string of the molecule is COc1ncccc1C(=O)OCC(=O)Nc1ccccc1Oc1ccccc1. The zero-order valence-corrected chi connectivity index (χ0v) is 15.1. The van der Waals surface area contributed by atoms with Crippen LogP contribution in [0, 0.1) is 0 Å². The number of amides is 1. The summed E-state index contributed by atoms with van der Waals surface area (Å²) in [7, 11) is 1.40. The van der Waals surface area contributed by atoms with Crippen LogP contribution in [0.5, 0.6) is 17.4 Å². The average molecular weight is 378 g/mol. The summed E-state index contributed by atoms with van der Waals surface area (Å²) in [5.74, 6) is 0.0466. The average Bonchev–Trinajstić information content (AvgIpc) is 2.74. The number of anilines is 1. The Morgan fingerprint density at radius 3 is 2.50 bits per heavy atom. The number of esters is 1. The molecule has 1 amide bonds. The van der Waals surface area contributed by atoms with Crippen LogP contribution >= 0.6 is 0 Å². The summed E-state index contributed by atoms with van der Waals surface area (Å²) in [5, 5.41) is 2.68. The lowest BCUT2D eigenvalue weighted by molar-refractivity contribution is -0.119. The van der Waals surface area contributed by atoms with Gasteiger partial charge < -0.3 is 19.5 Å². The quantitative estimate of drug-likeness (QED) is 0.631. The highest BCUT2D eigenvalue weighted by Crippen LogP contribution is 2.29. The van der Waals surface area contributed by atoms with E-state index >= 15 is 0 Å². The maximum Gasteiger partial charge on any atom is 0.344 e. The van der Waals surface area contributed by atoms with Crippen LogP contribution in [-0.2, 0) is 9.53 Å². The number of hydrogen-bond acceptors (Lipinski definition) is 6. The van der Waals surface area contributed by atoms with E-state index in [2.05, 4.69) is 10.3 Å². The van der Waals surface area contributed by atoms with E-state index in [1.54, 1.807) is 30.3 Å². The van der Waals surface area contributed by atoms with Crippen molar-refractivity contribution in [1.29, 1.82) is 0 Å². The number of benzene rings is 2. The molecule has 0 spiro atoms. The molecule has 3 rings (SSSR count). The third-order valence-corrected chi connectivity index (χ3v) is 3.65. The van der Waals surface area contributed by atoms with Gasteiger partial charge in [-0.25, -0.2) is 9.78 Å². The number of pyridine rings is 1. The first-order valence-corrected chi connectivity index (χ1v) is 8.45. The number of carbonyl (C=O) groups excluding carboxylic acids is 2. The number of carbonyl (C=O) groups is 2. The number of hydrogen-bond donors (Lipinski definition) is 1. The van der Waals surface area contributed by atoms with Gasteiger partial charge >= 0.3 is 5.97 Å². The van der Waals surface area contributed by atoms with Crippen molar-refractivity contribution < 1.29 is 23.8 Å². The number of para-hydroxylation sites is 3. The summed E-state index contributed by atoms with van der Waals surface area (Å²) in [4.78, 5) is 28.3. The molecule has 1 aromatic heterocycles. The summed E-state index contributed by atoms with van der Waals surface area (Å²) in [6, 6.07) is 19.3. The Balaban J connectivity index is 1.62. The number of nitrogens with zero attached hydrogens (tertiary/aromatic N) is 1. The fourth-order valence-electron chi connectivity index (χ4n) is 2.38. The number of nitrogens with one attached hydrogen (secondary N) is 1. The first-order valence-electron chi connectivity index (χ1n) is 8.45. The molecule has 0 saturated heterocycles. The van der Waals surface area contributed by atoms with Gasteiger partial charge in [-0.2, -0.15) is 0 Å². The van der Waals surface area contributed by atoms with Gasteiger partial charge in [0.25, 0.3) is 5.91 Å². The van der Waals surface area contributed by atoms with Crippen molar-refractivity contribution in [3.05, 3.63) is 78.5 Å². The number of rotatable bonds is 7. The molecule has 0 aliphatic carbocycles. The molecule has 1 heterocycles. The minimum absolute atomic E-state index is 0.134. The normalized spacial score (nSPS) is 10.0. The van der Waals surface area contributed by atoms with Crippen molar-refractivity contribution in [3.8, 4) is 17.4 Å². The Hall–Kier alpha value is -3.87.